The highest BCUT2D eigenvalue weighted by Crippen LogP contribution is 2.57. The van der Waals surface area contributed by atoms with E-state index < -0.39 is 0 Å². The summed E-state index contributed by atoms with van der Waals surface area (Å²) in [5.41, 5.74) is 14.7. The summed E-state index contributed by atoms with van der Waals surface area (Å²) in [6.45, 7) is 4.79. The number of benzene rings is 5. The van der Waals surface area contributed by atoms with E-state index in [1.54, 1.807) is 0 Å². The maximum absolute atomic E-state index is 5.51. The molecule has 5 aromatic carbocycles. The summed E-state index contributed by atoms with van der Waals surface area (Å²) in [4.78, 5) is 12.3. The topological polar surface area (TPSA) is 30.7 Å². The Morgan fingerprint density at radius 1 is 0.617 bits per heavy atom. The van der Waals surface area contributed by atoms with Crippen LogP contribution in [-0.2, 0) is 18.3 Å². The average Bonchev–Trinajstić information content (AvgIpc) is 3.75. The Morgan fingerprint density at radius 2 is 1.32 bits per heavy atom. The zero-order valence-corrected chi connectivity index (χ0v) is 27.1. The van der Waals surface area contributed by atoms with Crippen LogP contribution in [0.15, 0.2) is 127 Å². The van der Waals surface area contributed by atoms with E-state index in [9.17, 15) is 0 Å². The molecular formula is C43H31N3S. The molecule has 0 N–H and O–H groups in total. The van der Waals surface area contributed by atoms with Crippen molar-refractivity contribution in [2.45, 2.75) is 32.1 Å². The molecule has 224 valence electrons. The molecule has 2 aliphatic carbocycles. The Labute approximate surface area is 277 Å². The normalized spacial score (nSPS) is 14.2. The molecule has 10 rings (SSSR count). The Morgan fingerprint density at radius 3 is 2.15 bits per heavy atom. The number of hydrogen-bond acceptors (Lipinski definition) is 3. The number of fused-ring (bicyclic) bond motifs is 10. The molecule has 47 heavy (non-hydrogen) atoms. The summed E-state index contributed by atoms with van der Waals surface area (Å²) in [5, 5.41) is 2.43. The van der Waals surface area contributed by atoms with Crippen molar-refractivity contribution in [1.82, 2.24) is 14.5 Å². The van der Waals surface area contributed by atoms with Gasteiger partial charge in [-0.05, 0) is 69.8 Å². The summed E-state index contributed by atoms with van der Waals surface area (Å²) in [6, 6.07) is 45.6. The number of aromatic nitrogens is 3. The van der Waals surface area contributed by atoms with E-state index in [1.807, 2.05) is 11.3 Å². The Hall–Kier alpha value is -5.32. The second-order valence-electron chi connectivity index (χ2n) is 13.3. The van der Waals surface area contributed by atoms with Crippen LogP contribution in [0.25, 0.3) is 71.2 Å². The predicted octanol–water partition coefficient (Wildman–Crippen LogP) is 11.0. The summed E-state index contributed by atoms with van der Waals surface area (Å²) < 4.78 is 3.78. The average molecular weight is 622 g/mol. The highest BCUT2D eigenvalue weighted by Gasteiger charge is 2.44. The van der Waals surface area contributed by atoms with Crippen LogP contribution in [-0.4, -0.2) is 14.5 Å². The van der Waals surface area contributed by atoms with Gasteiger partial charge in [0.2, 0.25) is 5.95 Å². The molecule has 2 aliphatic rings. The van der Waals surface area contributed by atoms with Gasteiger partial charge in [0.25, 0.3) is 0 Å². The molecular weight excluding hydrogens is 591 g/mol. The van der Waals surface area contributed by atoms with Gasteiger partial charge >= 0.3 is 0 Å². The summed E-state index contributed by atoms with van der Waals surface area (Å²) >= 11 is 1.92. The molecule has 0 bridgehead atoms. The van der Waals surface area contributed by atoms with Crippen LogP contribution in [0.1, 0.15) is 36.1 Å². The number of nitrogens with zero attached hydrogens (tertiary/aromatic N) is 3. The molecule has 3 aromatic heterocycles. The lowest BCUT2D eigenvalue weighted by Crippen LogP contribution is -2.18. The van der Waals surface area contributed by atoms with Gasteiger partial charge in [0.05, 0.1) is 27.5 Å². The zero-order valence-electron chi connectivity index (χ0n) is 26.3. The van der Waals surface area contributed by atoms with Gasteiger partial charge in [-0.2, -0.15) is 0 Å². The van der Waals surface area contributed by atoms with Crippen LogP contribution in [0.5, 0.6) is 0 Å². The predicted molar refractivity (Wildman–Crippen MR) is 196 cm³/mol. The monoisotopic (exact) mass is 621 g/mol. The molecule has 8 aromatic rings. The van der Waals surface area contributed by atoms with Crippen LogP contribution < -0.4 is 0 Å². The van der Waals surface area contributed by atoms with Gasteiger partial charge in [0.1, 0.15) is 0 Å². The molecule has 0 aliphatic heterocycles. The molecule has 0 radical (unpaired) electrons. The number of thiophene rings is 1. The third kappa shape index (κ3) is 3.79. The molecule has 3 heterocycles. The molecule has 0 saturated carbocycles. The van der Waals surface area contributed by atoms with Crippen LogP contribution in [0, 0.1) is 0 Å². The smallest absolute Gasteiger partial charge is 0.235 e. The fourth-order valence-corrected chi connectivity index (χ4v) is 9.55. The van der Waals surface area contributed by atoms with Gasteiger partial charge in [-0.3, -0.25) is 4.57 Å². The van der Waals surface area contributed by atoms with Crippen LogP contribution in [0.3, 0.4) is 0 Å². The molecule has 4 heteroatoms. The Kier molecular flexibility index (Phi) is 5.62. The van der Waals surface area contributed by atoms with Crippen LogP contribution in [0.4, 0.5) is 0 Å². The first-order valence-electron chi connectivity index (χ1n) is 16.4. The second kappa shape index (κ2) is 9.84. The van der Waals surface area contributed by atoms with Gasteiger partial charge in [0.15, 0.2) is 0 Å². The fraction of sp³-hybridized carbons (Fsp3) is 0.116. The molecule has 0 fully saturated rings. The van der Waals surface area contributed by atoms with E-state index in [0.29, 0.717) is 0 Å². The van der Waals surface area contributed by atoms with E-state index >= 15 is 0 Å². The van der Waals surface area contributed by atoms with Crippen molar-refractivity contribution < 1.29 is 0 Å². The number of aryl methyl sites for hydroxylation is 1. The van der Waals surface area contributed by atoms with Crippen molar-refractivity contribution in [2.24, 2.45) is 0 Å². The van der Waals surface area contributed by atoms with Crippen molar-refractivity contribution in [2.75, 3.05) is 0 Å². The van der Waals surface area contributed by atoms with Gasteiger partial charge in [0, 0.05) is 26.6 Å². The minimum absolute atomic E-state index is 0.130. The highest BCUT2D eigenvalue weighted by atomic mass is 32.1. The van der Waals surface area contributed by atoms with Crippen LogP contribution >= 0.6 is 11.3 Å². The molecule has 0 unspecified atom stereocenters. The van der Waals surface area contributed by atoms with Crippen molar-refractivity contribution in [3.05, 3.63) is 150 Å². The lowest BCUT2D eigenvalue weighted by molar-refractivity contribution is 0.651. The lowest BCUT2D eigenvalue weighted by Gasteiger charge is -2.25. The third-order valence-electron chi connectivity index (χ3n) is 10.3. The number of rotatable bonds is 3. The van der Waals surface area contributed by atoms with Crippen molar-refractivity contribution in [3.63, 3.8) is 0 Å². The van der Waals surface area contributed by atoms with Crippen LogP contribution in [0.2, 0.25) is 0 Å². The molecule has 3 nitrogen and oxygen atoms in total. The van der Waals surface area contributed by atoms with Gasteiger partial charge in [-0.1, -0.05) is 123 Å². The zero-order chi connectivity index (χ0) is 31.3. The van der Waals surface area contributed by atoms with E-state index in [2.05, 4.69) is 146 Å². The van der Waals surface area contributed by atoms with E-state index in [0.717, 1.165) is 46.5 Å². The first-order chi connectivity index (χ1) is 23.1. The standard InChI is InChI=1S/C43H31N3S/c1-43(2)34-19-11-9-18-31(34)39-37(43)33-24-23-30-29-17-10-12-20-36(29)47-41(30)40(33)46(39)42-44-35-25-28(26-13-5-3-6-14-26)21-22-32(35)38(45-42)27-15-7-4-8-16-27/h3-22,25H,23-24H2,1-2H3. The molecule has 0 saturated heterocycles. The molecule has 0 atom stereocenters. The second-order valence-corrected chi connectivity index (χ2v) is 14.4. The number of hydrogen-bond donors (Lipinski definition) is 0. The maximum atomic E-state index is 5.51. The van der Waals surface area contributed by atoms with Crippen molar-refractivity contribution in [1.29, 1.82) is 0 Å². The molecule has 0 amide bonds. The van der Waals surface area contributed by atoms with E-state index in [1.165, 1.54) is 59.7 Å². The summed E-state index contributed by atoms with van der Waals surface area (Å²) in [5.74, 6) is 0.733. The molecule has 0 spiro atoms. The van der Waals surface area contributed by atoms with Gasteiger partial charge < -0.3 is 0 Å². The van der Waals surface area contributed by atoms with Crippen molar-refractivity contribution in [3.8, 4) is 50.2 Å². The van der Waals surface area contributed by atoms with E-state index in [-0.39, 0.29) is 5.41 Å². The Bertz CT molecular complexity index is 2540. The SMILES string of the molecule is CC1(C)c2ccccc2-c2c1c1c(n2-c2nc(-c3ccccc3)c3ccc(-c4ccccc4)cc3n2)-c2sc3ccccc3c2CC1. The third-order valence-corrected chi connectivity index (χ3v) is 11.5. The minimum atomic E-state index is -0.130. The summed E-state index contributed by atoms with van der Waals surface area (Å²) in [6.07, 6.45) is 2.05. The summed E-state index contributed by atoms with van der Waals surface area (Å²) in [7, 11) is 0. The van der Waals surface area contributed by atoms with E-state index in [4.69, 9.17) is 9.97 Å². The van der Waals surface area contributed by atoms with Gasteiger partial charge in [-0.15, -0.1) is 11.3 Å². The largest absolute Gasteiger partial charge is 0.276 e. The maximum Gasteiger partial charge on any atom is 0.235 e. The highest BCUT2D eigenvalue weighted by molar-refractivity contribution is 7.22. The van der Waals surface area contributed by atoms with Crippen molar-refractivity contribution >= 4 is 32.3 Å². The lowest BCUT2D eigenvalue weighted by atomic mass is 9.78. The quantitative estimate of drug-likeness (QED) is 0.196. The first kappa shape index (κ1) is 26.9. The first-order valence-corrected chi connectivity index (χ1v) is 17.2. The fourth-order valence-electron chi connectivity index (χ4n) is 8.23. The Balaban J connectivity index is 1.34. The van der Waals surface area contributed by atoms with Gasteiger partial charge in [-0.25, -0.2) is 9.97 Å². The minimum Gasteiger partial charge on any atom is -0.276 e.